The lowest BCUT2D eigenvalue weighted by Crippen LogP contribution is -2.45. The Kier molecular flexibility index (Phi) is 7.57. The molecular formula is C15H33N2OP. The van der Waals surface area contributed by atoms with Gasteiger partial charge in [0.2, 0.25) is 7.44 Å². The molecule has 3 nitrogen and oxygen atoms in total. The Morgan fingerprint density at radius 1 is 0.842 bits per heavy atom. The van der Waals surface area contributed by atoms with Crippen molar-refractivity contribution in [2.45, 2.75) is 79.6 Å². The van der Waals surface area contributed by atoms with Gasteiger partial charge < -0.3 is 0 Å². The van der Waals surface area contributed by atoms with Gasteiger partial charge in [0, 0.05) is 30.3 Å². The summed E-state index contributed by atoms with van der Waals surface area (Å²) in [6.45, 7) is 20.8. The first-order valence-electron chi connectivity index (χ1n) is 7.37. The predicted octanol–water partition coefficient (Wildman–Crippen LogP) is 4.60. The largest absolute Gasteiger partial charge is 0.288 e. The third-order valence-electron chi connectivity index (χ3n) is 3.20. The zero-order valence-electron chi connectivity index (χ0n) is 14.1. The molecule has 0 bridgehead atoms. The molecule has 0 heterocycles. The molecule has 0 aliphatic rings. The van der Waals surface area contributed by atoms with Crippen LogP contribution in [-0.4, -0.2) is 39.7 Å². The molecule has 0 fully saturated rings. The van der Waals surface area contributed by atoms with Crippen LogP contribution in [0.15, 0.2) is 12.7 Å². The number of rotatable bonds is 8. The van der Waals surface area contributed by atoms with Gasteiger partial charge in [-0.25, -0.2) is 9.34 Å². The molecule has 0 aromatic rings. The Labute approximate surface area is 120 Å². The van der Waals surface area contributed by atoms with Crippen molar-refractivity contribution < 1.29 is 4.57 Å². The van der Waals surface area contributed by atoms with Crippen LogP contribution >= 0.6 is 7.44 Å². The van der Waals surface area contributed by atoms with Gasteiger partial charge >= 0.3 is 0 Å². The molecule has 0 amide bonds. The summed E-state index contributed by atoms with van der Waals surface area (Å²) in [6.07, 6.45) is 2.34. The Hall–Kier alpha value is -0.110. The second-order valence-corrected chi connectivity index (χ2v) is 8.89. The Bertz CT molecular complexity index is 284. The molecule has 0 radical (unpaired) electrons. The lowest BCUT2D eigenvalue weighted by Gasteiger charge is -2.46. The maximum absolute atomic E-state index is 13.8. The van der Waals surface area contributed by atoms with E-state index in [-0.39, 0.29) is 24.2 Å². The van der Waals surface area contributed by atoms with Gasteiger partial charge in [-0.1, -0.05) is 6.08 Å². The lowest BCUT2D eigenvalue weighted by atomic mass is 10.3. The normalized spacial score (nSPS) is 13.6. The van der Waals surface area contributed by atoms with Crippen LogP contribution in [0.4, 0.5) is 0 Å². The van der Waals surface area contributed by atoms with E-state index < -0.39 is 7.44 Å². The van der Waals surface area contributed by atoms with E-state index in [1.165, 1.54) is 0 Å². The Morgan fingerprint density at radius 2 is 1.11 bits per heavy atom. The van der Waals surface area contributed by atoms with Gasteiger partial charge in [0.05, 0.1) is 0 Å². The average molecular weight is 288 g/mol. The monoisotopic (exact) mass is 288 g/mol. The molecule has 114 valence electrons. The summed E-state index contributed by atoms with van der Waals surface area (Å²) in [5.74, 6) is 0. The molecule has 4 heteroatoms. The van der Waals surface area contributed by atoms with Crippen molar-refractivity contribution in [1.82, 2.24) is 9.34 Å². The smallest absolute Gasteiger partial charge is 0.221 e. The number of nitrogens with zero attached hydrogens (tertiary/aromatic N) is 2. The fourth-order valence-electron chi connectivity index (χ4n) is 3.11. The van der Waals surface area contributed by atoms with Crippen LogP contribution in [0.2, 0.25) is 0 Å². The van der Waals surface area contributed by atoms with Gasteiger partial charge in [-0.05, 0) is 55.4 Å². The quantitative estimate of drug-likeness (QED) is 0.481. The summed E-state index contributed by atoms with van der Waals surface area (Å²) in [4.78, 5) is 0. The van der Waals surface area contributed by atoms with Crippen molar-refractivity contribution in [2.75, 3.05) is 6.16 Å². The topological polar surface area (TPSA) is 23.6 Å². The first kappa shape index (κ1) is 18.9. The van der Waals surface area contributed by atoms with Crippen LogP contribution in [0.1, 0.15) is 55.4 Å². The standard InChI is InChI=1S/C15H33N2OP/c1-10-11-19(18,16(12(2)3)13(4)5)17(14(6)7)15(8)9/h10,12-15H,1,11H2,2-9H3. The van der Waals surface area contributed by atoms with Gasteiger partial charge in [-0.3, -0.25) is 4.57 Å². The minimum Gasteiger partial charge on any atom is -0.288 e. The van der Waals surface area contributed by atoms with Gasteiger partial charge in [0.1, 0.15) is 0 Å². The second-order valence-electron chi connectivity index (χ2n) is 6.27. The van der Waals surface area contributed by atoms with E-state index in [4.69, 9.17) is 0 Å². The third-order valence-corrected chi connectivity index (χ3v) is 7.23. The number of hydrogen-bond donors (Lipinski definition) is 0. The molecule has 0 atom stereocenters. The highest BCUT2D eigenvalue weighted by molar-refractivity contribution is 7.59. The van der Waals surface area contributed by atoms with Crippen LogP contribution in [-0.2, 0) is 4.57 Å². The van der Waals surface area contributed by atoms with E-state index in [1.54, 1.807) is 6.08 Å². The van der Waals surface area contributed by atoms with Gasteiger partial charge in [-0.15, -0.1) is 6.58 Å². The van der Waals surface area contributed by atoms with Crippen molar-refractivity contribution in [1.29, 1.82) is 0 Å². The molecule has 19 heavy (non-hydrogen) atoms. The Balaban J connectivity index is 5.79. The maximum Gasteiger partial charge on any atom is 0.221 e. The maximum atomic E-state index is 13.8. The zero-order chi connectivity index (χ0) is 15.4. The van der Waals surface area contributed by atoms with Crippen LogP contribution in [0.25, 0.3) is 0 Å². The van der Waals surface area contributed by atoms with Crippen LogP contribution in [0.3, 0.4) is 0 Å². The molecule has 0 aromatic carbocycles. The summed E-state index contributed by atoms with van der Waals surface area (Å²) < 4.78 is 18.1. The van der Waals surface area contributed by atoms with Crippen molar-refractivity contribution >= 4 is 7.44 Å². The summed E-state index contributed by atoms with van der Waals surface area (Å²) in [6, 6.07) is 1.02. The van der Waals surface area contributed by atoms with Crippen molar-refractivity contribution in [3.63, 3.8) is 0 Å². The number of allylic oxidation sites excluding steroid dienone is 1. The summed E-state index contributed by atoms with van der Waals surface area (Å²) in [5, 5.41) is 0. The highest BCUT2D eigenvalue weighted by Crippen LogP contribution is 2.57. The van der Waals surface area contributed by atoms with Crippen LogP contribution < -0.4 is 0 Å². The van der Waals surface area contributed by atoms with E-state index in [9.17, 15) is 4.57 Å². The predicted molar refractivity (Wildman–Crippen MR) is 86.9 cm³/mol. The lowest BCUT2D eigenvalue weighted by molar-refractivity contribution is 0.226. The second kappa shape index (κ2) is 7.61. The van der Waals surface area contributed by atoms with Gasteiger partial charge in [0.15, 0.2) is 0 Å². The minimum atomic E-state index is -2.62. The van der Waals surface area contributed by atoms with E-state index >= 15 is 0 Å². The third kappa shape index (κ3) is 4.44. The molecule has 0 aliphatic heterocycles. The summed E-state index contributed by atoms with van der Waals surface area (Å²) in [7, 11) is -2.62. The van der Waals surface area contributed by atoms with E-state index in [1.807, 2.05) is 0 Å². The van der Waals surface area contributed by atoms with E-state index in [2.05, 4.69) is 71.3 Å². The average Bonchev–Trinajstić information content (AvgIpc) is 2.13. The molecule has 0 saturated heterocycles. The fourth-order valence-corrected chi connectivity index (χ4v) is 6.95. The van der Waals surface area contributed by atoms with Gasteiger partial charge in [0.25, 0.3) is 0 Å². The van der Waals surface area contributed by atoms with Crippen LogP contribution in [0, 0.1) is 0 Å². The van der Waals surface area contributed by atoms with Crippen molar-refractivity contribution in [3.05, 3.63) is 12.7 Å². The zero-order valence-corrected chi connectivity index (χ0v) is 14.9. The fraction of sp³-hybridized carbons (Fsp3) is 0.867. The number of hydrogen-bond acceptors (Lipinski definition) is 1. The van der Waals surface area contributed by atoms with E-state index in [0.29, 0.717) is 6.16 Å². The molecule has 0 unspecified atom stereocenters. The molecular weight excluding hydrogens is 255 g/mol. The molecule has 0 spiro atoms. The highest BCUT2D eigenvalue weighted by Gasteiger charge is 2.41. The van der Waals surface area contributed by atoms with E-state index in [0.717, 1.165) is 0 Å². The summed E-state index contributed by atoms with van der Waals surface area (Å²) in [5.41, 5.74) is 0. The van der Waals surface area contributed by atoms with Gasteiger partial charge in [-0.2, -0.15) is 0 Å². The first-order valence-corrected chi connectivity index (χ1v) is 9.16. The van der Waals surface area contributed by atoms with Crippen molar-refractivity contribution in [3.8, 4) is 0 Å². The van der Waals surface area contributed by atoms with Crippen LogP contribution in [0.5, 0.6) is 0 Å². The highest BCUT2D eigenvalue weighted by atomic mass is 31.2. The molecule has 0 N–H and O–H groups in total. The Morgan fingerprint density at radius 3 is 1.26 bits per heavy atom. The minimum absolute atomic E-state index is 0.255. The SMILES string of the molecule is C=CCP(=O)(N(C(C)C)C(C)C)N(C(C)C)C(C)C. The summed E-state index contributed by atoms with van der Waals surface area (Å²) >= 11 is 0. The molecule has 0 aliphatic carbocycles. The molecule has 0 aromatic heterocycles. The molecule has 0 rings (SSSR count). The molecule has 0 saturated carbocycles. The van der Waals surface area contributed by atoms with Crippen molar-refractivity contribution in [2.24, 2.45) is 0 Å². The first-order chi connectivity index (χ1) is 8.59.